The first kappa shape index (κ1) is 12.1. The highest BCUT2D eigenvalue weighted by molar-refractivity contribution is 9.10. The number of rotatable bonds is 2. The maximum atomic E-state index is 11.5. The van der Waals surface area contributed by atoms with Crippen LogP contribution in [0.15, 0.2) is 34.8 Å². The van der Waals surface area contributed by atoms with Crippen LogP contribution in [0.2, 0.25) is 0 Å². The van der Waals surface area contributed by atoms with Crippen molar-refractivity contribution in [2.45, 2.75) is 20.3 Å². The van der Waals surface area contributed by atoms with Crippen LogP contribution in [0.25, 0.3) is 10.8 Å². The van der Waals surface area contributed by atoms with Crippen molar-refractivity contribution in [2.75, 3.05) is 5.32 Å². The minimum Gasteiger partial charge on any atom is -0.325 e. The topological polar surface area (TPSA) is 29.1 Å². The van der Waals surface area contributed by atoms with Gasteiger partial charge in [0.1, 0.15) is 0 Å². The van der Waals surface area contributed by atoms with Crippen molar-refractivity contribution >= 4 is 38.3 Å². The number of hydrogen-bond acceptors (Lipinski definition) is 1. The Balaban J connectivity index is 2.65. The van der Waals surface area contributed by atoms with Crippen molar-refractivity contribution in [3.05, 3.63) is 40.4 Å². The van der Waals surface area contributed by atoms with E-state index in [1.807, 2.05) is 31.2 Å². The summed E-state index contributed by atoms with van der Waals surface area (Å²) in [6.45, 7) is 3.91. The van der Waals surface area contributed by atoms with E-state index in [9.17, 15) is 4.79 Å². The number of halogens is 1. The second-order valence-corrected chi connectivity index (χ2v) is 4.85. The van der Waals surface area contributed by atoms with Gasteiger partial charge in [0.15, 0.2) is 0 Å². The molecule has 0 aliphatic rings. The molecule has 0 atom stereocenters. The summed E-state index contributed by atoms with van der Waals surface area (Å²) in [7, 11) is 0. The Bertz CT molecular complexity index is 578. The predicted octanol–water partition coefficient (Wildman–Crippen LogP) is 4.26. The molecule has 0 unspecified atom stereocenters. The van der Waals surface area contributed by atoms with Crippen LogP contribution in [-0.4, -0.2) is 5.91 Å². The molecule has 2 rings (SSSR count). The van der Waals surface area contributed by atoms with Gasteiger partial charge in [-0.2, -0.15) is 0 Å². The molecule has 0 aliphatic heterocycles. The third-order valence-corrected chi connectivity index (χ3v) is 3.41. The Hall–Kier alpha value is -1.35. The lowest BCUT2D eigenvalue weighted by Crippen LogP contribution is -2.10. The molecule has 0 spiro atoms. The number of carbonyl (C=O) groups excluding carboxylic acids is 1. The Labute approximate surface area is 109 Å². The maximum Gasteiger partial charge on any atom is 0.224 e. The molecule has 0 saturated heterocycles. The monoisotopic (exact) mass is 291 g/mol. The Morgan fingerprint density at radius 2 is 1.94 bits per heavy atom. The molecule has 0 radical (unpaired) electrons. The number of aryl methyl sites for hydroxylation is 1. The average molecular weight is 292 g/mol. The molecule has 0 aromatic heterocycles. The lowest BCUT2D eigenvalue weighted by atomic mass is 10.0. The van der Waals surface area contributed by atoms with Crippen LogP contribution in [0.4, 0.5) is 5.69 Å². The molecule has 0 aliphatic carbocycles. The number of benzene rings is 2. The van der Waals surface area contributed by atoms with Gasteiger partial charge >= 0.3 is 0 Å². The fourth-order valence-corrected chi connectivity index (χ4v) is 2.52. The quantitative estimate of drug-likeness (QED) is 0.880. The van der Waals surface area contributed by atoms with Gasteiger partial charge in [0.2, 0.25) is 5.91 Å². The van der Waals surface area contributed by atoms with Crippen LogP contribution in [0.1, 0.15) is 18.9 Å². The van der Waals surface area contributed by atoms with E-state index in [1.54, 1.807) is 0 Å². The molecule has 1 amide bonds. The van der Waals surface area contributed by atoms with Gasteiger partial charge in [0.25, 0.3) is 0 Å². The largest absolute Gasteiger partial charge is 0.325 e. The Morgan fingerprint density at radius 3 is 2.59 bits per heavy atom. The molecular formula is C14H14BrNO. The molecule has 2 aromatic carbocycles. The third kappa shape index (κ3) is 2.34. The molecule has 3 heteroatoms. The van der Waals surface area contributed by atoms with Crippen LogP contribution in [-0.2, 0) is 4.79 Å². The van der Waals surface area contributed by atoms with Crippen molar-refractivity contribution in [3.63, 3.8) is 0 Å². The summed E-state index contributed by atoms with van der Waals surface area (Å²) < 4.78 is 0.926. The lowest BCUT2D eigenvalue weighted by Gasteiger charge is -2.12. The zero-order valence-corrected chi connectivity index (χ0v) is 11.5. The summed E-state index contributed by atoms with van der Waals surface area (Å²) in [5.41, 5.74) is 2.06. The molecule has 0 bridgehead atoms. The van der Waals surface area contributed by atoms with E-state index in [-0.39, 0.29) is 5.91 Å². The Morgan fingerprint density at radius 1 is 1.29 bits per heavy atom. The predicted molar refractivity (Wildman–Crippen MR) is 75.3 cm³/mol. The SMILES string of the molecule is CCC(=O)Nc1c(Br)cc(C)c2ccccc12. The fourth-order valence-electron chi connectivity index (χ4n) is 1.87. The highest BCUT2D eigenvalue weighted by Crippen LogP contribution is 2.33. The summed E-state index contributed by atoms with van der Waals surface area (Å²) in [5.74, 6) is 0.0275. The summed E-state index contributed by atoms with van der Waals surface area (Å²) in [6, 6.07) is 10.1. The highest BCUT2D eigenvalue weighted by Gasteiger charge is 2.10. The first-order valence-corrected chi connectivity index (χ1v) is 6.40. The van der Waals surface area contributed by atoms with E-state index in [4.69, 9.17) is 0 Å². The normalized spacial score (nSPS) is 10.5. The van der Waals surface area contributed by atoms with Crippen molar-refractivity contribution < 1.29 is 4.79 Å². The van der Waals surface area contributed by atoms with Gasteiger partial charge in [0, 0.05) is 16.3 Å². The highest BCUT2D eigenvalue weighted by atomic mass is 79.9. The fraction of sp³-hybridized carbons (Fsp3) is 0.214. The van der Waals surface area contributed by atoms with Gasteiger partial charge in [-0.1, -0.05) is 31.2 Å². The van der Waals surface area contributed by atoms with Crippen LogP contribution in [0.5, 0.6) is 0 Å². The molecule has 17 heavy (non-hydrogen) atoms. The molecular weight excluding hydrogens is 278 g/mol. The van der Waals surface area contributed by atoms with E-state index in [0.717, 1.165) is 15.5 Å². The minimum absolute atomic E-state index is 0.0275. The minimum atomic E-state index is 0.0275. The maximum absolute atomic E-state index is 11.5. The third-order valence-electron chi connectivity index (χ3n) is 2.79. The number of fused-ring (bicyclic) bond motifs is 1. The van der Waals surface area contributed by atoms with Crippen LogP contribution < -0.4 is 5.32 Å². The first-order chi connectivity index (χ1) is 8.13. The second kappa shape index (κ2) is 4.88. The first-order valence-electron chi connectivity index (χ1n) is 5.61. The van der Waals surface area contributed by atoms with Crippen LogP contribution >= 0.6 is 15.9 Å². The summed E-state index contributed by atoms with van der Waals surface area (Å²) in [5, 5.41) is 5.18. The van der Waals surface area contributed by atoms with E-state index < -0.39 is 0 Å². The zero-order chi connectivity index (χ0) is 12.4. The number of carbonyl (C=O) groups is 1. The van der Waals surface area contributed by atoms with Gasteiger partial charge in [-0.15, -0.1) is 0 Å². The molecule has 1 N–H and O–H groups in total. The summed E-state index contributed by atoms with van der Waals surface area (Å²) >= 11 is 3.51. The standard InChI is InChI=1S/C14H14BrNO/c1-3-13(17)16-14-11-7-5-4-6-10(11)9(2)8-12(14)15/h4-8H,3H2,1-2H3,(H,16,17). The van der Waals surface area contributed by atoms with Gasteiger partial charge in [-0.25, -0.2) is 0 Å². The van der Waals surface area contributed by atoms with Gasteiger partial charge in [-0.05, 0) is 39.9 Å². The van der Waals surface area contributed by atoms with Gasteiger partial charge in [-0.3, -0.25) is 4.79 Å². The van der Waals surface area contributed by atoms with E-state index in [0.29, 0.717) is 6.42 Å². The van der Waals surface area contributed by atoms with Gasteiger partial charge < -0.3 is 5.32 Å². The van der Waals surface area contributed by atoms with Crippen molar-refractivity contribution in [3.8, 4) is 0 Å². The molecule has 2 aromatic rings. The van der Waals surface area contributed by atoms with Crippen LogP contribution in [0, 0.1) is 6.92 Å². The van der Waals surface area contributed by atoms with Gasteiger partial charge in [0.05, 0.1) is 5.69 Å². The number of nitrogens with one attached hydrogen (secondary N) is 1. The molecule has 0 fully saturated rings. The molecule has 0 heterocycles. The van der Waals surface area contributed by atoms with Crippen molar-refractivity contribution in [1.82, 2.24) is 0 Å². The lowest BCUT2D eigenvalue weighted by molar-refractivity contribution is -0.115. The number of amides is 1. The Kier molecular flexibility index (Phi) is 3.48. The molecule has 2 nitrogen and oxygen atoms in total. The average Bonchev–Trinajstić information content (AvgIpc) is 2.34. The number of anilines is 1. The molecule has 0 saturated carbocycles. The number of hydrogen-bond donors (Lipinski definition) is 1. The second-order valence-electron chi connectivity index (χ2n) is 4.00. The van der Waals surface area contributed by atoms with Crippen LogP contribution in [0.3, 0.4) is 0 Å². The molecule has 88 valence electrons. The smallest absolute Gasteiger partial charge is 0.224 e. The van der Waals surface area contributed by atoms with Crippen molar-refractivity contribution in [1.29, 1.82) is 0 Å². The summed E-state index contributed by atoms with van der Waals surface area (Å²) in [6.07, 6.45) is 0.481. The van der Waals surface area contributed by atoms with E-state index >= 15 is 0 Å². The zero-order valence-electron chi connectivity index (χ0n) is 9.88. The van der Waals surface area contributed by atoms with E-state index in [1.165, 1.54) is 10.9 Å². The van der Waals surface area contributed by atoms with Crippen molar-refractivity contribution in [2.24, 2.45) is 0 Å². The van der Waals surface area contributed by atoms with E-state index in [2.05, 4.69) is 34.2 Å². The summed E-state index contributed by atoms with van der Waals surface area (Å²) in [4.78, 5) is 11.5.